The molecule has 104 valence electrons. The summed E-state index contributed by atoms with van der Waals surface area (Å²) >= 11 is 1.81. The molecule has 0 radical (unpaired) electrons. The SMILES string of the molecule is CC1(C)OB(c2csc([C@@H]3CCCN3)c2)OC1(C)C. The van der Waals surface area contributed by atoms with E-state index in [4.69, 9.17) is 9.31 Å². The fourth-order valence-corrected chi connectivity index (χ4v) is 3.60. The predicted molar refractivity (Wildman–Crippen MR) is 80.0 cm³/mol. The Morgan fingerprint density at radius 1 is 1.26 bits per heavy atom. The molecule has 1 atom stereocenters. The van der Waals surface area contributed by atoms with E-state index in [1.54, 1.807) is 0 Å². The fraction of sp³-hybridized carbons (Fsp3) is 0.714. The molecule has 3 rings (SSSR count). The number of nitrogens with one attached hydrogen (secondary N) is 1. The third-order valence-corrected chi connectivity index (χ3v) is 5.63. The van der Waals surface area contributed by atoms with Crippen LogP contribution in [0.25, 0.3) is 0 Å². The van der Waals surface area contributed by atoms with Crippen LogP contribution in [-0.2, 0) is 9.31 Å². The van der Waals surface area contributed by atoms with Crippen molar-refractivity contribution in [3.05, 3.63) is 16.3 Å². The zero-order chi connectivity index (χ0) is 13.7. The third kappa shape index (κ3) is 2.37. The van der Waals surface area contributed by atoms with E-state index >= 15 is 0 Å². The van der Waals surface area contributed by atoms with E-state index in [0.717, 1.165) is 12.0 Å². The highest BCUT2D eigenvalue weighted by Gasteiger charge is 2.51. The van der Waals surface area contributed by atoms with Gasteiger partial charge in [0.05, 0.1) is 11.2 Å². The van der Waals surface area contributed by atoms with Gasteiger partial charge in [0.2, 0.25) is 0 Å². The average molecular weight is 279 g/mol. The van der Waals surface area contributed by atoms with Gasteiger partial charge in [-0.25, -0.2) is 0 Å². The van der Waals surface area contributed by atoms with Crippen LogP contribution in [0.5, 0.6) is 0 Å². The standard InChI is InChI=1S/C14H22BNO2S/c1-13(2)14(3,4)18-15(17-13)10-8-12(19-9-10)11-6-5-7-16-11/h8-9,11,16H,5-7H2,1-4H3/t11-/m0/s1. The van der Waals surface area contributed by atoms with Crippen LogP contribution in [-0.4, -0.2) is 24.9 Å². The second-order valence-corrected chi connectivity index (χ2v) is 7.46. The first-order valence-electron chi connectivity index (χ1n) is 7.06. The van der Waals surface area contributed by atoms with Crippen molar-refractivity contribution in [2.45, 2.75) is 57.8 Å². The summed E-state index contributed by atoms with van der Waals surface area (Å²) in [6.07, 6.45) is 2.51. The van der Waals surface area contributed by atoms with E-state index in [1.807, 2.05) is 11.3 Å². The van der Waals surface area contributed by atoms with Crippen molar-refractivity contribution >= 4 is 23.9 Å². The van der Waals surface area contributed by atoms with Crippen LogP contribution in [0.3, 0.4) is 0 Å². The van der Waals surface area contributed by atoms with Gasteiger partial charge in [-0.05, 0) is 64.0 Å². The molecule has 0 aliphatic carbocycles. The Hall–Kier alpha value is -0.355. The van der Waals surface area contributed by atoms with Gasteiger partial charge in [-0.1, -0.05) is 0 Å². The number of thiophene rings is 1. The van der Waals surface area contributed by atoms with Gasteiger partial charge in [0, 0.05) is 10.9 Å². The molecule has 1 N–H and O–H groups in total. The van der Waals surface area contributed by atoms with E-state index in [2.05, 4.69) is 44.5 Å². The van der Waals surface area contributed by atoms with Crippen molar-refractivity contribution < 1.29 is 9.31 Å². The van der Waals surface area contributed by atoms with Gasteiger partial charge in [0.15, 0.2) is 0 Å². The quantitative estimate of drug-likeness (QED) is 0.844. The Bertz CT molecular complexity index is 450. The average Bonchev–Trinajstić information content (AvgIpc) is 3.00. The summed E-state index contributed by atoms with van der Waals surface area (Å²) in [4.78, 5) is 1.40. The first-order chi connectivity index (χ1) is 8.89. The fourth-order valence-electron chi connectivity index (χ4n) is 2.58. The molecule has 0 spiro atoms. The van der Waals surface area contributed by atoms with Gasteiger partial charge in [-0.2, -0.15) is 0 Å². The van der Waals surface area contributed by atoms with Gasteiger partial charge in [-0.15, -0.1) is 11.3 Å². The second kappa shape index (κ2) is 4.59. The summed E-state index contributed by atoms with van der Waals surface area (Å²) < 4.78 is 12.2. The van der Waals surface area contributed by atoms with Crippen LogP contribution in [0.2, 0.25) is 0 Å². The van der Waals surface area contributed by atoms with E-state index in [0.29, 0.717) is 6.04 Å². The molecular formula is C14H22BNO2S. The molecule has 1 aromatic rings. The summed E-state index contributed by atoms with van der Waals surface area (Å²) in [7, 11) is -0.226. The summed E-state index contributed by atoms with van der Waals surface area (Å²) in [5, 5.41) is 5.72. The Labute approximate surface area is 119 Å². The molecule has 0 aromatic carbocycles. The van der Waals surface area contributed by atoms with Crippen LogP contribution in [0.1, 0.15) is 51.5 Å². The van der Waals surface area contributed by atoms with Crippen molar-refractivity contribution in [3.63, 3.8) is 0 Å². The number of hydrogen-bond donors (Lipinski definition) is 1. The summed E-state index contributed by atoms with van der Waals surface area (Å²) in [5.74, 6) is 0. The zero-order valence-electron chi connectivity index (χ0n) is 12.2. The molecule has 0 unspecified atom stereocenters. The molecule has 3 heterocycles. The first-order valence-corrected chi connectivity index (χ1v) is 7.94. The van der Waals surface area contributed by atoms with Crippen LogP contribution in [0, 0.1) is 0 Å². The Morgan fingerprint density at radius 3 is 2.53 bits per heavy atom. The summed E-state index contributed by atoms with van der Waals surface area (Å²) in [6, 6.07) is 2.77. The molecular weight excluding hydrogens is 257 g/mol. The van der Waals surface area contributed by atoms with Crippen LogP contribution in [0.15, 0.2) is 11.4 Å². The maximum absolute atomic E-state index is 6.09. The van der Waals surface area contributed by atoms with Crippen LogP contribution < -0.4 is 10.8 Å². The van der Waals surface area contributed by atoms with E-state index in [1.165, 1.54) is 17.7 Å². The van der Waals surface area contributed by atoms with Gasteiger partial charge in [-0.3, -0.25) is 0 Å². The number of hydrogen-bond acceptors (Lipinski definition) is 4. The topological polar surface area (TPSA) is 30.5 Å². The van der Waals surface area contributed by atoms with Crippen molar-refractivity contribution in [2.75, 3.05) is 6.54 Å². The number of rotatable bonds is 2. The van der Waals surface area contributed by atoms with Crippen LogP contribution in [0.4, 0.5) is 0 Å². The molecule has 1 aromatic heterocycles. The molecule has 19 heavy (non-hydrogen) atoms. The van der Waals surface area contributed by atoms with Gasteiger partial charge in [0.25, 0.3) is 0 Å². The highest BCUT2D eigenvalue weighted by atomic mass is 32.1. The Kier molecular flexibility index (Phi) is 3.29. The Morgan fingerprint density at radius 2 is 1.95 bits per heavy atom. The normalized spacial score (nSPS) is 29.1. The predicted octanol–water partition coefficient (Wildman–Crippen LogP) is 2.47. The van der Waals surface area contributed by atoms with Gasteiger partial charge >= 0.3 is 7.12 Å². The van der Waals surface area contributed by atoms with Gasteiger partial charge < -0.3 is 14.6 Å². The second-order valence-electron chi connectivity index (χ2n) is 6.52. The first kappa shape index (κ1) is 13.6. The smallest absolute Gasteiger partial charge is 0.399 e. The molecule has 2 saturated heterocycles. The highest BCUT2D eigenvalue weighted by molar-refractivity contribution is 7.11. The lowest BCUT2D eigenvalue weighted by atomic mass is 9.81. The molecule has 0 amide bonds. The molecule has 2 aliphatic rings. The molecule has 2 fully saturated rings. The third-order valence-electron chi connectivity index (χ3n) is 4.57. The molecule has 5 heteroatoms. The lowest BCUT2D eigenvalue weighted by Crippen LogP contribution is -2.41. The van der Waals surface area contributed by atoms with E-state index < -0.39 is 0 Å². The van der Waals surface area contributed by atoms with Crippen molar-refractivity contribution in [1.29, 1.82) is 0 Å². The summed E-state index contributed by atoms with van der Waals surface area (Å²) in [5.41, 5.74) is 0.642. The molecule has 2 aliphatic heterocycles. The Balaban J connectivity index is 1.77. The minimum absolute atomic E-state index is 0.226. The summed E-state index contributed by atoms with van der Waals surface area (Å²) in [6.45, 7) is 9.52. The minimum Gasteiger partial charge on any atom is -0.399 e. The highest BCUT2D eigenvalue weighted by Crippen LogP contribution is 2.37. The van der Waals surface area contributed by atoms with Crippen LogP contribution >= 0.6 is 11.3 Å². The maximum atomic E-state index is 6.09. The van der Waals surface area contributed by atoms with E-state index in [9.17, 15) is 0 Å². The lowest BCUT2D eigenvalue weighted by molar-refractivity contribution is 0.00578. The lowest BCUT2D eigenvalue weighted by Gasteiger charge is -2.32. The maximum Gasteiger partial charge on any atom is 0.495 e. The largest absolute Gasteiger partial charge is 0.495 e. The van der Waals surface area contributed by atoms with Gasteiger partial charge in [0.1, 0.15) is 0 Å². The van der Waals surface area contributed by atoms with Crippen molar-refractivity contribution in [3.8, 4) is 0 Å². The minimum atomic E-state index is -0.259. The molecule has 3 nitrogen and oxygen atoms in total. The molecule has 0 saturated carbocycles. The molecule has 0 bridgehead atoms. The van der Waals surface area contributed by atoms with Crippen molar-refractivity contribution in [2.24, 2.45) is 0 Å². The van der Waals surface area contributed by atoms with E-state index in [-0.39, 0.29) is 18.3 Å². The zero-order valence-corrected chi connectivity index (χ0v) is 13.0. The van der Waals surface area contributed by atoms with Crippen molar-refractivity contribution in [1.82, 2.24) is 5.32 Å². The monoisotopic (exact) mass is 279 g/mol.